The van der Waals surface area contributed by atoms with Crippen LogP contribution >= 0.6 is 23.1 Å². The fourth-order valence-electron chi connectivity index (χ4n) is 2.63. The maximum absolute atomic E-state index is 12.3. The number of fused-ring (bicyclic) bond motifs is 2. The van der Waals surface area contributed by atoms with Crippen LogP contribution in [-0.4, -0.2) is 16.6 Å². The molecule has 0 aliphatic carbocycles. The summed E-state index contributed by atoms with van der Waals surface area (Å²) in [5, 5.41) is 5.14. The Morgan fingerprint density at radius 2 is 1.96 bits per heavy atom. The van der Waals surface area contributed by atoms with Gasteiger partial charge in [-0.3, -0.25) is 4.79 Å². The molecule has 0 aliphatic rings. The molecule has 124 valence electrons. The lowest BCUT2D eigenvalue weighted by atomic mass is 10.1. The quantitative estimate of drug-likeness (QED) is 0.404. The van der Waals surface area contributed by atoms with Crippen molar-refractivity contribution in [2.45, 2.75) is 4.34 Å². The highest BCUT2D eigenvalue weighted by Gasteiger charge is 2.09. The molecule has 1 amide bonds. The second-order valence-electron chi connectivity index (χ2n) is 5.57. The number of amides is 1. The Labute approximate surface area is 153 Å². The molecule has 0 spiro atoms. The summed E-state index contributed by atoms with van der Waals surface area (Å²) in [5.74, 6) is 0.276. The highest BCUT2D eigenvalue weighted by Crippen LogP contribution is 2.31. The lowest BCUT2D eigenvalue weighted by molar-refractivity contribution is -0.113. The van der Waals surface area contributed by atoms with Crippen LogP contribution in [0.25, 0.3) is 21.0 Å². The van der Waals surface area contributed by atoms with Crippen molar-refractivity contribution >= 4 is 61.4 Å². The summed E-state index contributed by atoms with van der Waals surface area (Å²) in [5.41, 5.74) is 8.27. The van der Waals surface area contributed by atoms with Crippen LogP contribution in [0, 0.1) is 0 Å². The predicted molar refractivity (Wildman–Crippen MR) is 107 cm³/mol. The molecule has 0 unspecified atom stereocenters. The Hall–Kier alpha value is -2.57. The molecular weight excluding hydrogens is 350 g/mol. The zero-order valence-corrected chi connectivity index (χ0v) is 14.9. The lowest BCUT2D eigenvalue weighted by Gasteiger charge is -2.08. The molecule has 0 saturated carbocycles. The number of rotatable bonds is 4. The number of thiazole rings is 1. The van der Waals surface area contributed by atoms with E-state index < -0.39 is 0 Å². The summed E-state index contributed by atoms with van der Waals surface area (Å²) in [6.45, 7) is 0. The van der Waals surface area contributed by atoms with Crippen molar-refractivity contribution < 1.29 is 4.79 Å². The van der Waals surface area contributed by atoms with E-state index in [9.17, 15) is 4.79 Å². The van der Waals surface area contributed by atoms with Crippen LogP contribution < -0.4 is 11.1 Å². The Kier molecular flexibility index (Phi) is 4.29. The monoisotopic (exact) mass is 365 g/mol. The number of nitrogen functional groups attached to an aromatic ring is 1. The van der Waals surface area contributed by atoms with Crippen molar-refractivity contribution in [1.29, 1.82) is 0 Å². The van der Waals surface area contributed by atoms with Gasteiger partial charge in [0.15, 0.2) is 4.34 Å². The number of benzene rings is 3. The number of anilines is 2. The topological polar surface area (TPSA) is 68.0 Å². The maximum atomic E-state index is 12.3. The van der Waals surface area contributed by atoms with Gasteiger partial charge in [0.25, 0.3) is 0 Å². The van der Waals surface area contributed by atoms with E-state index in [1.54, 1.807) is 11.3 Å². The summed E-state index contributed by atoms with van der Waals surface area (Å²) in [6.07, 6.45) is 0. The number of nitrogens with one attached hydrogen (secondary N) is 1. The highest BCUT2D eigenvalue weighted by atomic mass is 32.2. The summed E-state index contributed by atoms with van der Waals surface area (Å²) in [7, 11) is 0. The Morgan fingerprint density at radius 1 is 1.12 bits per heavy atom. The standard InChI is InChI=1S/C19H15N3OS2/c20-13-8-9-16-17(10-13)25-19(22-16)24-11-18(23)21-15-7-3-5-12-4-1-2-6-14(12)15/h1-10H,11,20H2,(H,21,23). The second-order valence-corrected chi connectivity index (χ2v) is 7.82. The van der Waals surface area contributed by atoms with E-state index in [0.717, 1.165) is 36.7 Å². The van der Waals surface area contributed by atoms with Crippen molar-refractivity contribution in [2.75, 3.05) is 16.8 Å². The van der Waals surface area contributed by atoms with E-state index in [0.29, 0.717) is 5.75 Å². The normalized spacial score (nSPS) is 11.0. The van der Waals surface area contributed by atoms with Gasteiger partial charge in [0.05, 0.1) is 16.0 Å². The van der Waals surface area contributed by atoms with Gasteiger partial charge in [-0.2, -0.15) is 0 Å². The van der Waals surface area contributed by atoms with Crippen LogP contribution in [0.1, 0.15) is 0 Å². The largest absolute Gasteiger partial charge is 0.399 e. The Bertz CT molecular complexity index is 1070. The van der Waals surface area contributed by atoms with Crippen molar-refractivity contribution in [3.63, 3.8) is 0 Å². The van der Waals surface area contributed by atoms with Crippen LogP contribution in [-0.2, 0) is 4.79 Å². The summed E-state index contributed by atoms with van der Waals surface area (Å²) < 4.78 is 1.91. The molecular formula is C19H15N3OS2. The van der Waals surface area contributed by atoms with E-state index in [-0.39, 0.29) is 5.91 Å². The molecule has 4 rings (SSSR count). The van der Waals surface area contributed by atoms with Crippen molar-refractivity contribution in [2.24, 2.45) is 0 Å². The highest BCUT2D eigenvalue weighted by molar-refractivity contribution is 8.01. The van der Waals surface area contributed by atoms with E-state index in [2.05, 4.69) is 10.3 Å². The van der Waals surface area contributed by atoms with Gasteiger partial charge in [-0.15, -0.1) is 11.3 Å². The molecule has 6 heteroatoms. The van der Waals surface area contributed by atoms with Gasteiger partial charge in [0.2, 0.25) is 5.91 Å². The summed E-state index contributed by atoms with van der Waals surface area (Å²) >= 11 is 2.99. The van der Waals surface area contributed by atoms with E-state index in [4.69, 9.17) is 5.73 Å². The van der Waals surface area contributed by atoms with E-state index >= 15 is 0 Å². The fourth-order valence-corrected chi connectivity index (χ4v) is 4.55. The lowest BCUT2D eigenvalue weighted by Crippen LogP contribution is -2.14. The minimum absolute atomic E-state index is 0.0416. The number of hydrogen-bond acceptors (Lipinski definition) is 5. The number of aromatic nitrogens is 1. The average Bonchev–Trinajstić information content (AvgIpc) is 3.02. The number of thioether (sulfide) groups is 1. The predicted octanol–water partition coefficient (Wildman–Crippen LogP) is 4.76. The van der Waals surface area contributed by atoms with Crippen LogP contribution in [0.4, 0.5) is 11.4 Å². The molecule has 3 aromatic carbocycles. The van der Waals surface area contributed by atoms with Gasteiger partial charge in [0.1, 0.15) is 0 Å². The van der Waals surface area contributed by atoms with Crippen LogP contribution in [0.2, 0.25) is 0 Å². The Morgan fingerprint density at radius 3 is 2.88 bits per heavy atom. The Balaban J connectivity index is 1.46. The van der Waals surface area contributed by atoms with Crippen LogP contribution in [0.3, 0.4) is 0 Å². The second kappa shape index (κ2) is 6.74. The average molecular weight is 365 g/mol. The third kappa shape index (κ3) is 3.45. The van der Waals surface area contributed by atoms with Crippen molar-refractivity contribution in [3.8, 4) is 0 Å². The van der Waals surface area contributed by atoms with Crippen molar-refractivity contribution in [1.82, 2.24) is 4.98 Å². The van der Waals surface area contributed by atoms with Crippen molar-refractivity contribution in [3.05, 3.63) is 60.7 Å². The number of carbonyl (C=O) groups excluding carboxylic acids is 1. The number of nitrogens with zero attached hydrogens (tertiary/aromatic N) is 1. The molecule has 1 aromatic heterocycles. The summed E-state index contributed by atoms with van der Waals surface area (Å²) in [6, 6.07) is 19.6. The fraction of sp³-hybridized carbons (Fsp3) is 0.0526. The molecule has 1 heterocycles. The van der Waals surface area contributed by atoms with Gasteiger partial charge in [0, 0.05) is 16.8 Å². The first-order valence-electron chi connectivity index (χ1n) is 7.75. The molecule has 0 radical (unpaired) electrons. The third-order valence-corrected chi connectivity index (χ3v) is 5.94. The number of carbonyl (C=O) groups is 1. The SMILES string of the molecule is Nc1ccc2nc(SCC(=O)Nc3cccc4ccccc34)sc2c1. The first-order valence-corrected chi connectivity index (χ1v) is 9.56. The first kappa shape index (κ1) is 15.9. The number of hydrogen-bond donors (Lipinski definition) is 2. The molecule has 25 heavy (non-hydrogen) atoms. The number of nitrogens with two attached hydrogens (primary N) is 1. The van der Waals surface area contributed by atoms with E-state index in [1.807, 2.05) is 60.7 Å². The van der Waals surface area contributed by atoms with E-state index in [1.165, 1.54) is 11.8 Å². The minimum Gasteiger partial charge on any atom is -0.399 e. The molecule has 0 aliphatic heterocycles. The molecule has 0 bridgehead atoms. The van der Waals surface area contributed by atoms with Gasteiger partial charge < -0.3 is 11.1 Å². The molecule has 0 saturated heterocycles. The molecule has 0 atom stereocenters. The maximum Gasteiger partial charge on any atom is 0.234 e. The van der Waals surface area contributed by atoms with Gasteiger partial charge in [-0.25, -0.2) is 4.98 Å². The minimum atomic E-state index is -0.0416. The molecule has 3 N–H and O–H groups in total. The zero-order valence-electron chi connectivity index (χ0n) is 13.2. The molecule has 4 aromatic rings. The molecule has 4 nitrogen and oxygen atoms in total. The summed E-state index contributed by atoms with van der Waals surface area (Å²) in [4.78, 5) is 16.9. The van der Waals surface area contributed by atoms with Crippen LogP contribution in [0.5, 0.6) is 0 Å². The van der Waals surface area contributed by atoms with Gasteiger partial charge >= 0.3 is 0 Å². The zero-order chi connectivity index (χ0) is 17.2. The van der Waals surface area contributed by atoms with Gasteiger partial charge in [-0.1, -0.05) is 48.2 Å². The molecule has 0 fully saturated rings. The third-order valence-electron chi connectivity index (χ3n) is 3.78. The smallest absolute Gasteiger partial charge is 0.234 e. The van der Waals surface area contributed by atoms with Crippen LogP contribution in [0.15, 0.2) is 65.0 Å². The van der Waals surface area contributed by atoms with Gasteiger partial charge in [-0.05, 0) is 29.7 Å². The first-order chi connectivity index (χ1) is 12.2.